The fourth-order valence-corrected chi connectivity index (χ4v) is 1.23. The predicted molar refractivity (Wildman–Crippen MR) is 53.5 cm³/mol. The first kappa shape index (κ1) is 15.7. The van der Waals surface area contributed by atoms with E-state index in [2.05, 4.69) is 0 Å². The van der Waals surface area contributed by atoms with E-state index in [1.54, 1.807) is 6.07 Å². The Morgan fingerprint density at radius 3 is 2.67 bits per heavy atom. The molecule has 15 heavy (non-hydrogen) atoms. The van der Waals surface area contributed by atoms with Crippen LogP contribution in [0, 0.1) is 5.21 Å². The van der Waals surface area contributed by atoms with Crippen LogP contribution >= 0.6 is 23.2 Å². The van der Waals surface area contributed by atoms with Crippen molar-refractivity contribution in [2.45, 2.75) is 0 Å². The Morgan fingerprint density at radius 1 is 1.47 bits per heavy atom. The summed E-state index contributed by atoms with van der Waals surface area (Å²) in [6.07, 6.45) is 0. The van der Waals surface area contributed by atoms with Crippen molar-refractivity contribution in [2.75, 3.05) is 6.61 Å². The van der Waals surface area contributed by atoms with Crippen molar-refractivity contribution < 1.29 is 60.9 Å². The topological polar surface area (TPSA) is 61.4 Å². The second-order valence-electron chi connectivity index (χ2n) is 2.39. The van der Waals surface area contributed by atoms with Crippen LogP contribution in [0.25, 0.3) is 0 Å². The third kappa shape index (κ3) is 5.51. The van der Waals surface area contributed by atoms with E-state index in [0.717, 1.165) is 0 Å². The van der Waals surface area contributed by atoms with E-state index < -0.39 is 5.91 Å². The number of halogens is 2. The van der Waals surface area contributed by atoms with Crippen LogP contribution in [0.3, 0.4) is 0 Å². The molecule has 0 bridgehead atoms. The number of amides is 1. The number of ether oxygens (including phenoxy) is 1. The number of hydrogen-bond donors (Lipinski definition) is 1. The van der Waals surface area contributed by atoms with Gasteiger partial charge < -0.3 is 15.4 Å². The van der Waals surface area contributed by atoms with Crippen molar-refractivity contribution in [2.24, 2.45) is 0 Å². The molecule has 1 aromatic rings. The number of benzene rings is 1. The van der Waals surface area contributed by atoms with E-state index in [-0.39, 0.29) is 63.0 Å². The molecule has 0 saturated carbocycles. The second kappa shape index (κ2) is 7.86. The van der Waals surface area contributed by atoms with Gasteiger partial charge in [-0.25, -0.2) is 0 Å². The summed E-state index contributed by atoms with van der Waals surface area (Å²) in [5.41, 5.74) is 1.18. The molecule has 1 rings (SSSR count). The van der Waals surface area contributed by atoms with Gasteiger partial charge in [-0.15, -0.1) is 0 Å². The molecule has 0 fully saturated rings. The molecule has 0 aliphatic carbocycles. The van der Waals surface area contributed by atoms with Crippen LogP contribution in [0.1, 0.15) is 0 Å². The van der Waals surface area contributed by atoms with Crippen LogP contribution in [0.2, 0.25) is 10.0 Å². The van der Waals surface area contributed by atoms with E-state index >= 15 is 0 Å². The first-order chi connectivity index (χ1) is 6.63. The zero-order valence-corrected chi connectivity index (χ0v) is 12.6. The first-order valence-electron chi connectivity index (χ1n) is 3.62. The fraction of sp³-hybridized carbons (Fsp3) is 0.125. The van der Waals surface area contributed by atoms with Crippen LogP contribution in [0.4, 0.5) is 0 Å². The minimum absolute atomic E-state index is 0. The average molecular weight is 274 g/mol. The van der Waals surface area contributed by atoms with E-state index in [0.29, 0.717) is 10.8 Å². The molecule has 0 spiro atoms. The summed E-state index contributed by atoms with van der Waals surface area (Å²) in [6, 6.07) is 4.56. The molecule has 4 nitrogen and oxygen atoms in total. The first-order valence-corrected chi connectivity index (χ1v) is 4.38. The van der Waals surface area contributed by atoms with Crippen LogP contribution in [-0.2, 0) is 4.79 Å². The predicted octanol–water partition coefficient (Wildman–Crippen LogP) is -1.01. The molecule has 0 aliphatic heterocycles. The largest absolute Gasteiger partial charge is 1.00 e. The van der Waals surface area contributed by atoms with E-state index in [4.69, 9.17) is 27.9 Å². The van der Waals surface area contributed by atoms with Crippen molar-refractivity contribution in [1.82, 2.24) is 5.48 Å². The number of hydrogen-bond acceptors (Lipinski definition) is 3. The summed E-state index contributed by atoms with van der Waals surface area (Å²) >= 11 is 11.4. The van der Waals surface area contributed by atoms with Gasteiger partial charge in [-0.2, -0.15) is 0 Å². The Labute approximate surface area is 139 Å². The number of carbonyl (C=O) groups excluding carboxylic acids is 1. The molecule has 0 aliphatic rings. The quantitative estimate of drug-likeness (QED) is 0.567. The summed E-state index contributed by atoms with van der Waals surface area (Å²) in [7, 11) is 0. The molecule has 1 amide bonds. The van der Waals surface area contributed by atoms with E-state index in [9.17, 15) is 10.0 Å². The van der Waals surface area contributed by atoms with Gasteiger partial charge in [0.2, 0.25) is 5.91 Å². The number of hydroxylamine groups is 1. The molecular formula is C8H6Cl2KNO3. The van der Waals surface area contributed by atoms with Crippen molar-refractivity contribution in [1.29, 1.82) is 0 Å². The zero-order chi connectivity index (χ0) is 10.6. The molecule has 0 radical (unpaired) electrons. The van der Waals surface area contributed by atoms with Crippen molar-refractivity contribution in [3.63, 3.8) is 0 Å². The Hall–Kier alpha value is 0.666. The van der Waals surface area contributed by atoms with Gasteiger partial charge in [-0.1, -0.05) is 23.2 Å². The second-order valence-corrected chi connectivity index (χ2v) is 3.23. The van der Waals surface area contributed by atoms with Crippen molar-refractivity contribution in [3.8, 4) is 5.75 Å². The van der Waals surface area contributed by atoms with Gasteiger partial charge in [0, 0.05) is 5.02 Å². The Morgan fingerprint density at radius 2 is 2.13 bits per heavy atom. The monoisotopic (exact) mass is 273 g/mol. The number of nitrogens with one attached hydrogen (secondary N) is 1. The van der Waals surface area contributed by atoms with Crippen LogP contribution in [0.15, 0.2) is 18.2 Å². The minimum Gasteiger partial charge on any atom is -0.759 e. The van der Waals surface area contributed by atoms with Gasteiger partial charge in [0.25, 0.3) is 0 Å². The molecule has 7 heteroatoms. The molecule has 0 atom stereocenters. The standard InChI is InChI=1S/C8H6Cl2NO3.K/c9-5-1-2-7(6(10)3-5)14-4-8(12)11-13;/h1-3H,4H2,(H-,11,12,13);/q-1;+1. The maximum Gasteiger partial charge on any atom is 1.00 e. The number of carbonyl (C=O) groups is 1. The normalized spacial score (nSPS) is 9.00. The van der Waals surface area contributed by atoms with E-state index in [1.165, 1.54) is 17.6 Å². The van der Waals surface area contributed by atoms with Crippen molar-refractivity contribution in [3.05, 3.63) is 33.5 Å². The van der Waals surface area contributed by atoms with Crippen LogP contribution in [0.5, 0.6) is 5.75 Å². The zero-order valence-electron chi connectivity index (χ0n) is 7.92. The molecule has 0 heterocycles. The van der Waals surface area contributed by atoms with E-state index in [1.807, 2.05) is 0 Å². The van der Waals surface area contributed by atoms with Gasteiger partial charge in [-0.3, -0.25) is 4.79 Å². The molecule has 1 N–H and O–H groups in total. The Bertz CT molecular complexity index is 349. The molecule has 76 valence electrons. The van der Waals surface area contributed by atoms with Gasteiger partial charge in [-0.05, 0) is 18.2 Å². The van der Waals surface area contributed by atoms with Crippen LogP contribution < -0.4 is 61.6 Å². The molecule has 0 saturated heterocycles. The summed E-state index contributed by atoms with van der Waals surface area (Å²) in [6.45, 7) is -0.370. The molecule has 1 aromatic carbocycles. The molecule has 0 unspecified atom stereocenters. The summed E-state index contributed by atoms with van der Waals surface area (Å²) in [4.78, 5) is 10.5. The summed E-state index contributed by atoms with van der Waals surface area (Å²) in [5, 5.41) is 10.6. The Kier molecular flexibility index (Phi) is 8.21. The van der Waals surface area contributed by atoms with Crippen LogP contribution in [-0.4, -0.2) is 12.5 Å². The van der Waals surface area contributed by atoms with Gasteiger partial charge >= 0.3 is 51.4 Å². The third-order valence-corrected chi connectivity index (χ3v) is 1.90. The van der Waals surface area contributed by atoms with Gasteiger partial charge in [0.05, 0.1) is 5.02 Å². The maximum atomic E-state index is 10.5. The maximum absolute atomic E-state index is 10.5. The summed E-state index contributed by atoms with van der Waals surface area (Å²) < 4.78 is 4.94. The Balaban J connectivity index is 0.00000196. The molecule has 0 aromatic heterocycles. The molecular weight excluding hydrogens is 268 g/mol. The average Bonchev–Trinajstić information content (AvgIpc) is 2.16. The number of rotatable bonds is 3. The fourth-order valence-electron chi connectivity index (χ4n) is 0.765. The SMILES string of the molecule is O=C(COc1ccc(Cl)cc1Cl)N[O-].[K+]. The third-order valence-electron chi connectivity index (χ3n) is 1.37. The van der Waals surface area contributed by atoms with Gasteiger partial charge in [0.15, 0.2) is 6.61 Å². The van der Waals surface area contributed by atoms with Gasteiger partial charge in [0.1, 0.15) is 5.75 Å². The summed E-state index contributed by atoms with van der Waals surface area (Å²) in [5.74, 6) is -0.462. The van der Waals surface area contributed by atoms with Crippen molar-refractivity contribution >= 4 is 29.1 Å². The smallest absolute Gasteiger partial charge is 0.759 e. The minimum atomic E-state index is -0.768.